The van der Waals surface area contributed by atoms with Crippen molar-refractivity contribution in [2.75, 3.05) is 39.4 Å². The molecule has 1 aliphatic carbocycles. The predicted octanol–water partition coefficient (Wildman–Crippen LogP) is 1.92. The smallest absolute Gasteiger partial charge is 0.409 e. The Labute approximate surface area is 220 Å². The number of carbonyl (C=O) groups excluding carboxylic acids is 3. The van der Waals surface area contributed by atoms with E-state index >= 15 is 0 Å². The summed E-state index contributed by atoms with van der Waals surface area (Å²) in [5.74, 6) is -1.18. The average molecular weight is 528 g/mol. The van der Waals surface area contributed by atoms with Crippen LogP contribution in [0.15, 0.2) is 36.4 Å². The van der Waals surface area contributed by atoms with Crippen molar-refractivity contribution in [2.45, 2.75) is 38.6 Å². The van der Waals surface area contributed by atoms with Gasteiger partial charge in [0.25, 0.3) is 5.91 Å². The maximum absolute atomic E-state index is 13.3. The minimum absolute atomic E-state index is 0.0555. The number of nitrogens with zero attached hydrogens (tertiary/aromatic N) is 4. The summed E-state index contributed by atoms with van der Waals surface area (Å²) >= 11 is 0. The number of carboxylic acid groups (broad SMARTS) is 1. The molecule has 1 unspecified atom stereocenters. The van der Waals surface area contributed by atoms with Gasteiger partial charge < -0.3 is 29.7 Å². The molecule has 2 aliphatic rings. The molecule has 2 heterocycles. The van der Waals surface area contributed by atoms with Gasteiger partial charge in [0.2, 0.25) is 11.8 Å². The van der Waals surface area contributed by atoms with Crippen molar-refractivity contribution >= 4 is 23.9 Å². The molecule has 3 amide bonds. The van der Waals surface area contributed by atoms with Crippen LogP contribution in [0.25, 0.3) is 5.69 Å². The van der Waals surface area contributed by atoms with Gasteiger partial charge in [0.1, 0.15) is 6.04 Å². The van der Waals surface area contributed by atoms with Crippen molar-refractivity contribution in [1.29, 1.82) is 0 Å². The van der Waals surface area contributed by atoms with Crippen molar-refractivity contribution in [3.05, 3.63) is 42.1 Å². The molecule has 12 heteroatoms. The molecule has 38 heavy (non-hydrogen) atoms. The summed E-state index contributed by atoms with van der Waals surface area (Å²) in [6.07, 6.45) is 1.39. The Bertz CT molecular complexity index is 1140. The lowest BCUT2D eigenvalue weighted by Crippen LogP contribution is -2.56. The van der Waals surface area contributed by atoms with Crippen LogP contribution in [0.1, 0.15) is 43.1 Å². The highest BCUT2D eigenvalue weighted by Crippen LogP contribution is 2.30. The lowest BCUT2D eigenvalue weighted by atomic mass is 10.1. The lowest BCUT2D eigenvalue weighted by molar-refractivity contribution is -0.138. The Hall–Kier alpha value is -4.09. The number of aromatic nitrogens is 2. The van der Waals surface area contributed by atoms with E-state index in [0.717, 1.165) is 18.5 Å². The number of rotatable bonds is 11. The van der Waals surface area contributed by atoms with E-state index in [9.17, 15) is 24.3 Å². The van der Waals surface area contributed by atoms with Gasteiger partial charge in [-0.15, -0.1) is 0 Å². The molecule has 1 aliphatic heterocycles. The van der Waals surface area contributed by atoms with E-state index in [1.807, 2.05) is 30.3 Å². The first kappa shape index (κ1) is 27.0. The summed E-state index contributed by atoms with van der Waals surface area (Å²) in [7, 11) is 0. The molecule has 0 spiro atoms. The monoisotopic (exact) mass is 527 g/mol. The van der Waals surface area contributed by atoms with Gasteiger partial charge in [-0.3, -0.25) is 14.4 Å². The first-order chi connectivity index (χ1) is 18.4. The van der Waals surface area contributed by atoms with Crippen molar-refractivity contribution in [3.8, 4) is 11.6 Å². The third kappa shape index (κ3) is 7.02. The lowest BCUT2D eigenvalue weighted by Gasteiger charge is -2.35. The summed E-state index contributed by atoms with van der Waals surface area (Å²) < 4.78 is 12.5. The quantitative estimate of drug-likeness (QED) is 0.451. The molecule has 204 valence electrons. The van der Waals surface area contributed by atoms with E-state index in [-0.39, 0.29) is 51.3 Å². The van der Waals surface area contributed by atoms with Crippen LogP contribution in [0.5, 0.6) is 5.88 Å². The summed E-state index contributed by atoms with van der Waals surface area (Å²) in [5, 5.41) is 16.3. The van der Waals surface area contributed by atoms with Gasteiger partial charge in [-0.05, 0) is 44.2 Å². The zero-order valence-corrected chi connectivity index (χ0v) is 21.4. The van der Waals surface area contributed by atoms with E-state index in [0.29, 0.717) is 18.4 Å². The summed E-state index contributed by atoms with van der Waals surface area (Å²) in [6, 6.07) is 9.72. The number of ether oxygens (including phenoxy) is 2. The SMILES string of the molecule is CCOC(=O)N1CCN(C(=O)C(CCC(=O)O)NC(=O)c2cc(OCC3CC3)n(-c3ccccc3)n2)CC1. The van der Waals surface area contributed by atoms with Crippen molar-refractivity contribution in [2.24, 2.45) is 5.92 Å². The highest BCUT2D eigenvalue weighted by molar-refractivity contribution is 5.96. The van der Waals surface area contributed by atoms with Gasteiger partial charge in [0, 0.05) is 38.7 Å². The van der Waals surface area contributed by atoms with Gasteiger partial charge >= 0.3 is 12.1 Å². The fraction of sp³-hybridized carbons (Fsp3) is 0.500. The number of aliphatic carboxylic acids is 1. The molecule has 1 saturated heterocycles. The van der Waals surface area contributed by atoms with E-state index in [4.69, 9.17) is 9.47 Å². The number of carbonyl (C=O) groups is 4. The van der Waals surface area contributed by atoms with Crippen LogP contribution in [0, 0.1) is 5.92 Å². The number of amides is 3. The van der Waals surface area contributed by atoms with Crippen molar-refractivity contribution < 1.29 is 33.8 Å². The molecule has 1 aromatic heterocycles. The van der Waals surface area contributed by atoms with E-state index in [2.05, 4.69) is 10.4 Å². The van der Waals surface area contributed by atoms with Crippen LogP contribution in [-0.2, 0) is 14.3 Å². The molecule has 0 bridgehead atoms. The molecular weight excluding hydrogens is 494 g/mol. The molecule has 2 N–H and O–H groups in total. The third-order valence-corrected chi connectivity index (χ3v) is 6.44. The number of hydrogen-bond acceptors (Lipinski definition) is 7. The molecule has 12 nitrogen and oxygen atoms in total. The fourth-order valence-corrected chi connectivity index (χ4v) is 4.12. The van der Waals surface area contributed by atoms with E-state index < -0.39 is 29.9 Å². The highest BCUT2D eigenvalue weighted by Gasteiger charge is 2.32. The Balaban J connectivity index is 1.46. The molecule has 1 saturated carbocycles. The second kappa shape index (κ2) is 12.4. The number of piperazine rings is 1. The maximum atomic E-state index is 13.3. The Morgan fingerprint density at radius 2 is 1.76 bits per heavy atom. The van der Waals surface area contributed by atoms with Crippen LogP contribution in [0.3, 0.4) is 0 Å². The van der Waals surface area contributed by atoms with Crippen molar-refractivity contribution in [3.63, 3.8) is 0 Å². The Morgan fingerprint density at radius 3 is 2.39 bits per heavy atom. The van der Waals surface area contributed by atoms with Crippen LogP contribution in [0.4, 0.5) is 4.79 Å². The van der Waals surface area contributed by atoms with Gasteiger partial charge in [-0.25, -0.2) is 9.48 Å². The van der Waals surface area contributed by atoms with Gasteiger partial charge in [0.15, 0.2) is 5.69 Å². The summed E-state index contributed by atoms with van der Waals surface area (Å²) in [5.41, 5.74) is 0.773. The summed E-state index contributed by atoms with van der Waals surface area (Å²) in [4.78, 5) is 52.8. The Kier molecular flexibility index (Phi) is 8.82. The fourth-order valence-electron chi connectivity index (χ4n) is 4.12. The maximum Gasteiger partial charge on any atom is 0.409 e. The average Bonchev–Trinajstić information content (AvgIpc) is 3.66. The summed E-state index contributed by atoms with van der Waals surface area (Å²) in [6.45, 7) is 3.57. The molecule has 1 atom stereocenters. The largest absolute Gasteiger partial charge is 0.481 e. The number of nitrogens with one attached hydrogen (secondary N) is 1. The molecular formula is C26H33N5O7. The minimum Gasteiger partial charge on any atom is -0.481 e. The normalized spacial score (nSPS) is 16.0. The third-order valence-electron chi connectivity index (χ3n) is 6.44. The predicted molar refractivity (Wildman–Crippen MR) is 135 cm³/mol. The van der Waals surface area contributed by atoms with Crippen LogP contribution in [0.2, 0.25) is 0 Å². The minimum atomic E-state index is -1.08. The van der Waals surface area contributed by atoms with Gasteiger partial charge in [-0.1, -0.05) is 18.2 Å². The number of hydrogen-bond donors (Lipinski definition) is 2. The topological polar surface area (TPSA) is 143 Å². The number of benzene rings is 1. The molecule has 4 rings (SSSR count). The van der Waals surface area contributed by atoms with Crippen LogP contribution in [-0.4, -0.2) is 94.0 Å². The molecule has 1 aromatic carbocycles. The molecule has 0 radical (unpaired) electrons. The zero-order chi connectivity index (χ0) is 27.1. The molecule has 2 aromatic rings. The number of carboxylic acids is 1. The second-order valence-electron chi connectivity index (χ2n) is 9.34. The standard InChI is InChI=1S/C26H33N5O7/c1-2-37-26(36)30-14-12-29(13-15-30)25(35)20(10-11-23(32)33)27-24(34)21-16-22(38-17-18-8-9-18)31(28-21)19-6-4-3-5-7-19/h3-7,16,18,20H,2,8-15,17H2,1H3,(H,27,34)(H,32,33). The van der Waals surface area contributed by atoms with Gasteiger partial charge in [0.05, 0.1) is 18.9 Å². The highest BCUT2D eigenvalue weighted by atomic mass is 16.6. The van der Waals surface area contributed by atoms with E-state index in [1.54, 1.807) is 11.6 Å². The zero-order valence-electron chi connectivity index (χ0n) is 21.4. The second-order valence-corrected chi connectivity index (χ2v) is 9.34. The van der Waals surface area contributed by atoms with Crippen LogP contribution < -0.4 is 10.1 Å². The first-order valence-electron chi connectivity index (χ1n) is 12.9. The first-order valence-corrected chi connectivity index (χ1v) is 12.9. The van der Waals surface area contributed by atoms with Crippen molar-refractivity contribution in [1.82, 2.24) is 24.9 Å². The molecule has 2 fully saturated rings. The van der Waals surface area contributed by atoms with Gasteiger partial charge in [-0.2, -0.15) is 5.10 Å². The number of para-hydroxylation sites is 1. The van der Waals surface area contributed by atoms with E-state index in [1.165, 1.54) is 15.9 Å². The Morgan fingerprint density at radius 1 is 1.08 bits per heavy atom. The van der Waals surface area contributed by atoms with Crippen LogP contribution >= 0.6 is 0 Å².